The summed E-state index contributed by atoms with van der Waals surface area (Å²) in [5.41, 5.74) is 7.59. The van der Waals surface area contributed by atoms with Crippen molar-refractivity contribution >= 4 is 5.65 Å². The van der Waals surface area contributed by atoms with Gasteiger partial charge in [-0.2, -0.15) is 5.26 Å². The summed E-state index contributed by atoms with van der Waals surface area (Å²) in [4.78, 5) is 4.91. The maximum absolute atomic E-state index is 9.50. The molecule has 136 valence electrons. The third kappa shape index (κ3) is 3.07. The van der Waals surface area contributed by atoms with E-state index in [2.05, 4.69) is 47.0 Å². The predicted molar refractivity (Wildman–Crippen MR) is 116 cm³/mol. The average Bonchev–Trinajstić information content (AvgIpc) is 3.23. The largest absolute Gasteiger partial charge is 0.305 e. The topological polar surface area (TPSA) is 41.1 Å². The summed E-state index contributed by atoms with van der Waals surface area (Å²) in [6.45, 7) is 0. The van der Waals surface area contributed by atoms with Gasteiger partial charge < -0.3 is 4.40 Å². The van der Waals surface area contributed by atoms with Crippen LogP contribution in [-0.4, -0.2) is 9.38 Å². The molecule has 0 radical (unpaired) electrons. The zero-order valence-electron chi connectivity index (χ0n) is 15.7. The van der Waals surface area contributed by atoms with Crippen molar-refractivity contribution in [2.45, 2.75) is 0 Å². The second kappa shape index (κ2) is 7.10. The van der Waals surface area contributed by atoms with E-state index >= 15 is 0 Å². The standard InChI is InChI=1S/C26H17N3/c27-16-21-13-7-8-14-23(21)25-18-29-17-22(19-9-3-1-4-10-19)15-24(26(29)28-25)20-11-5-2-6-12-20/h1-15,17-18H. The molecule has 0 saturated heterocycles. The van der Waals surface area contributed by atoms with E-state index in [1.165, 1.54) is 0 Å². The van der Waals surface area contributed by atoms with Crippen molar-refractivity contribution in [1.29, 1.82) is 5.26 Å². The van der Waals surface area contributed by atoms with Crippen LogP contribution in [0, 0.1) is 11.3 Å². The molecule has 0 aliphatic carbocycles. The molecule has 0 unspecified atom stereocenters. The van der Waals surface area contributed by atoms with E-state index < -0.39 is 0 Å². The van der Waals surface area contributed by atoms with Crippen molar-refractivity contribution in [2.75, 3.05) is 0 Å². The first-order chi connectivity index (χ1) is 14.3. The van der Waals surface area contributed by atoms with Crippen molar-refractivity contribution in [3.63, 3.8) is 0 Å². The normalized spacial score (nSPS) is 10.7. The maximum atomic E-state index is 9.50. The second-order valence-corrected chi connectivity index (χ2v) is 6.89. The van der Waals surface area contributed by atoms with E-state index in [9.17, 15) is 5.26 Å². The van der Waals surface area contributed by atoms with Gasteiger partial charge in [0.05, 0.1) is 17.3 Å². The molecule has 0 saturated carbocycles. The van der Waals surface area contributed by atoms with Gasteiger partial charge >= 0.3 is 0 Å². The third-order valence-electron chi connectivity index (χ3n) is 5.07. The van der Waals surface area contributed by atoms with Crippen molar-refractivity contribution < 1.29 is 0 Å². The summed E-state index contributed by atoms with van der Waals surface area (Å²) >= 11 is 0. The van der Waals surface area contributed by atoms with Crippen LogP contribution in [0.25, 0.3) is 39.2 Å². The minimum Gasteiger partial charge on any atom is -0.305 e. The Morgan fingerprint density at radius 3 is 2.03 bits per heavy atom. The van der Waals surface area contributed by atoms with Gasteiger partial charge in [-0.3, -0.25) is 0 Å². The zero-order valence-corrected chi connectivity index (χ0v) is 15.7. The van der Waals surface area contributed by atoms with Gasteiger partial charge in [0.2, 0.25) is 0 Å². The first kappa shape index (κ1) is 17.0. The van der Waals surface area contributed by atoms with Crippen LogP contribution >= 0.6 is 0 Å². The number of pyridine rings is 1. The van der Waals surface area contributed by atoms with Gasteiger partial charge in [-0.1, -0.05) is 78.9 Å². The average molecular weight is 371 g/mol. The molecule has 0 N–H and O–H groups in total. The van der Waals surface area contributed by atoms with Crippen LogP contribution in [0.15, 0.2) is 103 Å². The Morgan fingerprint density at radius 1 is 0.655 bits per heavy atom. The molecule has 5 aromatic rings. The first-order valence-electron chi connectivity index (χ1n) is 9.46. The summed E-state index contributed by atoms with van der Waals surface area (Å²) < 4.78 is 2.06. The Bertz CT molecular complexity index is 1340. The maximum Gasteiger partial charge on any atom is 0.145 e. The van der Waals surface area contributed by atoms with E-state index in [1.807, 2.05) is 66.9 Å². The lowest BCUT2D eigenvalue weighted by molar-refractivity contribution is 1.19. The van der Waals surface area contributed by atoms with Crippen LogP contribution in [-0.2, 0) is 0 Å². The highest BCUT2D eigenvalue weighted by Crippen LogP contribution is 2.32. The molecule has 29 heavy (non-hydrogen) atoms. The fraction of sp³-hybridized carbons (Fsp3) is 0. The Labute approximate surface area is 169 Å². The number of imidazole rings is 1. The molecule has 0 bridgehead atoms. The van der Waals surface area contributed by atoms with Crippen LogP contribution in [0.4, 0.5) is 0 Å². The molecule has 3 heteroatoms. The number of nitriles is 1. The molecule has 0 fully saturated rings. The molecular weight excluding hydrogens is 354 g/mol. The molecule has 0 atom stereocenters. The van der Waals surface area contributed by atoms with E-state index in [-0.39, 0.29) is 0 Å². The zero-order chi connectivity index (χ0) is 19.6. The second-order valence-electron chi connectivity index (χ2n) is 6.89. The van der Waals surface area contributed by atoms with E-state index in [0.29, 0.717) is 5.56 Å². The van der Waals surface area contributed by atoms with Crippen LogP contribution < -0.4 is 0 Å². The molecule has 0 spiro atoms. The van der Waals surface area contributed by atoms with Crippen LogP contribution in [0.5, 0.6) is 0 Å². The van der Waals surface area contributed by atoms with Gasteiger partial charge in [0, 0.05) is 23.5 Å². The lowest BCUT2D eigenvalue weighted by Gasteiger charge is -2.09. The Morgan fingerprint density at radius 2 is 1.31 bits per heavy atom. The molecular formula is C26H17N3. The molecule has 3 aromatic carbocycles. The highest BCUT2D eigenvalue weighted by Gasteiger charge is 2.14. The first-order valence-corrected chi connectivity index (χ1v) is 9.46. The van der Waals surface area contributed by atoms with Gasteiger partial charge in [-0.25, -0.2) is 4.98 Å². The molecule has 3 nitrogen and oxygen atoms in total. The molecule has 2 heterocycles. The Hall–Kier alpha value is -4.16. The minimum absolute atomic E-state index is 0.625. The molecule has 5 rings (SSSR count). The monoisotopic (exact) mass is 371 g/mol. The van der Waals surface area contributed by atoms with Crippen molar-refractivity contribution in [3.8, 4) is 39.6 Å². The number of rotatable bonds is 3. The van der Waals surface area contributed by atoms with Crippen LogP contribution in [0.3, 0.4) is 0 Å². The number of aromatic nitrogens is 2. The number of benzene rings is 3. The summed E-state index contributed by atoms with van der Waals surface area (Å²) in [5.74, 6) is 0. The number of hydrogen-bond acceptors (Lipinski definition) is 2. The summed E-state index contributed by atoms with van der Waals surface area (Å²) in [5, 5.41) is 9.50. The van der Waals surface area contributed by atoms with E-state index in [1.54, 1.807) is 0 Å². The predicted octanol–water partition coefficient (Wildman–Crippen LogP) is 6.21. The Kier molecular flexibility index (Phi) is 4.16. The molecule has 0 amide bonds. The molecule has 2 aromatic heterocycles. The summed E-state index contributed by atoms with van der Waals surface area (Å²) in [6, 6.07) is 32.7. The van der Waals surface area contributed by atoms with Gasteiger partial charge in [-0.05, 0) is 28.8 Å². The lowest BCUT2D eigenvalue weighted by Crippen LogP contribution is -1.91. The van der Waals surface area contributed by atoms with Gasteiger partial charge in [-0.15, -0.1) is 0 Å². The minimum atomic E-state index is 0.625. The summed E-state index contributed by atoms with van der Waals surface area (Å²) in [7, 11) is 0. The van der Waals surface area contributed by atoms with Crippen LogP contribution in [0.2, 0.25) is 0 Å². The fourth-order valence-electron chi connectivity index (χ4n) is 3.65. The highest BCUT2D eigenvalue weighted by molar-refractivity contribution is 5.84. The fourth-order valence-corrected chi connectivity index (χ4v) is 3.65. The van der Waals surface area contributed by atoms with Gasteiger partial charge in [0.1, 0.15) is 5.65 Å². The van der Waals surface area contributed by atoms with Gasteiger partial charge in [0.15, 0.2) is 0 Å². The summed E-state index contributed by atoms with van der Waals surface area (Å²) in [6.07, 6.45) is 4.10. The third-order valence-corrected chi connectivity index (χ3v) is 5.07. The van der Waals surface area contributed by atoms with Crippen molar-refractivity contribution in [3.05, 3.63) is 109 Å². The Balaban J connectivity index is 1.79. The number of nitrogens with zero attached hydrogens (tertiary/aromatic N) is 3. The quantitative estimate of drug-likeness (QED) is 0.378. The smallest absolute Gasteiger partial charge is 0.145 e. The van der Waals surface area contributed by atoms with Crippen molar-refractivity contribution in [1.82, 2.24) is 9.38 Å². The SMILES string of the molecule is N#Cc1ccccc1-c1cn2cc(-c3ccccc3)cc(-c3ccccc3)c2n1. The van der Waals surface area contributed by atoms with Crippen molar-refractivity contribution in [2.24, 2.45) is 0 Å². The molecule has 0 aliphatic rings. The highest BCUT2D eigenvalue weighted by atomic mass is 15.0. The number of fused-ring (bicyclic) bond motifs is 1. The van der Waals surface area contributed by atoms with E-state index in [0.717, 1.165) is 39.2 Å². The lowest BCUT2D eigenvalue weighted by atomic mass is 10.0. The van der Waals surface area contributed by atoms with E-state index in [4.69, 9.17) is 4.98 Å². The van der Waals surface area contributed by atoms with Crippen LogP contribution in [0.1, 0.15) is 5.56 Å². The molecule has 0 aliphatic heterocycles. The van der Waals surface area contributed by atoms with Gasteiger partial charge in [0.25, 0.3) is 0 Å². The number of hydrogen-bond donors (Lipinski definition) is 0.